The van der Waals surface area contributed by atoms with Gasteiger partial charge < -0.3 is 20.9 Å². The Morgan fingerprint density at radius 2 is 1.96 bits per heavy atom. The Balaban J connectivity index is 0.00000243. The van der Waals surface area contributed by atoms with E-state index in [0.29, 0.717) is 19.6 Å². The fraction of sp³-hybridized carbons (Fsp3) is 0.562. The van der Waals surface area contributed by atoms with Gasteiger partial charge >= 0.3 is 0 Å². The molecule has 1 saturated heterocycles. The van der Waals surface area contributed by atoms with Crippen molar-refractivity contribution in [2.45, 2.75) is 36.2 Å². The Bertz CT molecular complexity index is 752. The summed E-state index contributed by atoms with van der Waals surface area (Å²) in [6.07, 6.45) is 2.29. The molecule has 0 spiro atoms. The van der Waals surface area contributed by atoms with Crippen molar-refractivity contribution < 1.29 is 23.1 Å². The summed E-state index contributed by atoms with van der Waals surface area (Å²) in [4.78, 5) is 12.4. The number of nitrogens with two attached hydrogens (primary N) is 1. The monoisotopic (exact) mass is 405 g/mol. The molecule has 146 valence electrons. The van der Waals surface area contributed by atoms with Crippen LogP contribution in [0.5, 0.6) is 5.75 Å². The lowest BCUT2D eigenvalue weighted by Gasteiger charge is -2.26. The topological polar surface area (TPSA) is 122 Å². The smallest absolute Gasteiger partial charge is 0.255 e. The number of amides is 1. The Labute approximate surface area is 159 Å². The second-order valence-electron chi connectivity index (χ2n) is 6.44. The Morgan fingerprint density at radius 1 is 1.27 bits per heavy atom. The SMILES string of the molecule is Cl.N[C@@H]1CC[C@@H](NC(=O)c2cc(S(=O)(=O)N3CCOCC3)ccc2O)C1. The van der Waals surface area contributed by atoms with E-state index in [0.717, 1.165) is 12.8 Å². The summed E-state index contributed by atoms with van der Waals surface area (Å²) >= 11 is 0. The number of carbonyl (C=O) groups is 1. The highest BCUT2D eigenvalue weighted by atomic mass is 35.5. The number of morpholine rings is 1. The number of hydrogen-bond donors (Lipinski definition) is 3. The third kappa shape index (κ3) is 4.47. The molecule has 0 aromatic heterocycles. The number of sulfonamides is 1. The van der Waals surface area contributed by atoms with Gasteiger partial charge in [0, 0.05) is 25.2 Å². The van der Waals surface area contributed by atoms with Gasteiger partial charge in [-0.1, -0.05) is 0 Å². The standard InChI is InChI=1S/C16H23N3O5S.ClH/c17-11-1-2-12(9-11)18-16(21)14-10-13(3-4-15(14)20)25(22,23)19-5-7-24-8-6-19;/h3-4,10-12,20H,1-2,5-9,17H2,(H,18,21);1H/t11-,12-;/m1./s1. The fourth-order valence-electron chi connectivity index (χ4n) is 3.20. The number of hydrogen-bond acceptors (Lipinski definition) is 6. The maximum absolute atomic E-state index is 12.7. The first-order chi connectivity index (χ1) is 11.9. The minimum absolute atomic E-state index is 0. The van der Waals surface area contributed by atoms with Crippen LogP contribution in [0.3, 0.4) is 0 Å². The fourth-order valence-corrected chi connectivity index (χ4v) is 4.64. The minimum atomic E-state index is -3.73. The van der Waals surface area contributed by atoms with Crippen molar-refractivity contribution in [2.24, 2.45) is 5.73 Å². The number of phenols is 1. The van der Waals surface area contributed by atoms with Crippen LogP contribution in [0, 0.1) is 0 Å². The van der Waals surface area contributed by atoms with E-state index in [1.165, 1.54) is 22.5 Å². The predicted octanol–water partition coefficient (Wildman–Crippen LogP) is 0.444. The summed E-state index contributed by atoms with van der Waals surface area (Å²) in [7, 11) is -3.73. The number of nitrogens with zero attached hydrogens (tertiary/aromatic N) is 1. The number of phenolic OH excluding ortho intramolecular Hbond substituents is 1. The first-order valence-electron chi connectivity index (χ1n) is 8.35. The second-order valence-corrected chi connectivity index (χ2v) is 8.38. The Morgan fingerprint density at radius 3 is 2.58 bits per heavy atom. The molecule has 1 amide bonds. The number of halogens is 1. The lowest BCUT2D eigenvalue weighted by molar-refractivity contribution is 0.0730. The van der Waals surface area contributed by atoms with E-state index in [1.54, 1.807) is 0 Å². The minimum Gasteiger partial charge on any atom is -0.507 e. The summed E-state index contributed by atoms with van der Waals surface area (Å²) < 4.78 is 31.9. The van der Waals surface area contributed by atoms with E-state index in [2.05, 4.69) is 5.32 Å². The van der Waals surface area contributed by atoms with Gasteiger partial charge in [-0.25, -0.2) is 8.42 Å². The average Bonchev–Trinajstić information content (AvgIpc) is 3.00. The second kappa shape index (κ2) is 8.53. The van der Waals surface area contributed by atoms with Gasteiger partial charge in [0.25, 0.3) is 5.91 Å². The summed E-state index contributed by atoms with van der Waals surface area (Å²) in [5.41, 5.74) is 5.79. The molecule has 0 bridgehead atoms. The van der Waals surface area contributed by atoms with Crippen LogP contribution in [0.1, 0.15) is 29.6 Å². The number of nitrogens with one attached hydrogen (secondary N) is 1. The van der Waals surface area contributed by atoms with Crippen LogP contribution < -0.4 is 11.1 Å². The van der Waals surface area contributed by atoms with E-state index < -0.39 is 15.9 Å². The first-order valence-corrected chi connectivity index (χ1v) is 9.79. The molecule has 0 unspecified atom stereocenters. The van der Waals surface area contributed by atoms with E-state index in [4.69, 9.17) is 10.5 Å². The lowest BCUT2D eigenvalue weighted by Crippen LogP contribution is -2.40. The van der Waals surface area contributed by atoms with Crippen LogP contribution in [-0.2, 0) is 14.8 Å². The van der Waals surface area contributed by atoms with Gasteiger partial charge in [0.2, 0.25) is 10.0 Å². The van der Waals surface area contributed by atoms with Crippen molar-refractivity contribution in [2.75, 3.05) is 26.3 Å². The number of rotatable bonds is 4. The zero-order chi connectivity index (χ0) is 18.0. The molecule has 1 saturated carbocycles. The molecule has 2 atom stereocenters. The van der Waals surface area contributed by atoms with Gasteiger partial charge in [0.15, 0.2) is 0 Å². The van der Waals surface area contributed by atoms with Crippen LogP contribution in [0.4, 0.5) is 0 Å². The zero-order valence-electron chi connectivity index (χ0n) is 14.3. The highest BCUT2D eigenvalue weighted by Gasteiger charge is 2.29. The van der Waals surface area contributed by atoms with Crippen molar-refractivity contribution >= 4 is 28.3 Å². The summed E-state index contributed by atoms with van der Waals surface area (Å²) in [5, 5.41) is 12.8. The molecule has 2 fully saturated rings. The molecule has 10 heteroatoms. The molecule has 3 rings (SSSR count). The maximum Gasteiger partial charge on any atom is 0.255 e. The molecule has 26 heavy (non-hydrogen) atoms. The van der Waals surface area contributed by atoms with Gasteiger partial charge in [-0.3, -0.25) is 4.79 Å². The van der Waals surface area contributed by atoms with E-state index in [9.17, 15) is 18.3 Å². The summed E-state index contributed by atoms with van der Waals surface area (Å²) in [6, 6.07) is 3.78. The molecule has 8 nitrogen and oxygen atoms in total. The quantitative estimate of drug-likeness (QED) is 0.668. The van der Waals surface area contributed by atoms with Crippen LogP contribution in [0.2, 0.25) is 0 Å². The third-order valence-electron chi connectivity index (χ3n) is 4.63. The summed E-state index contributed by atoms with van der Waals surface area (Å²) in [5.74, 6) is -0.739. The Kier molecular flexibility index (Phi) is 6.86. The van der Waals surface area contributed by atoms with Gasteiger partial charge in [0.1, 0.15) is 5.75 Å². The van der Waals surface area contributed by atoms with Gasteiger partial charge in [-0.2, -0.15) is 4.31 Å². The van der Waals surface area contributed by atoms with Crippen molar-refractivity contribution in [1.29, 1.82) is 0 Å². The molecular formula is C16H24ClN3O5S. The van der Waals surface area contributed by atoms with E-state index in [1.807, 2.05) is 0 Å². The molecule has 1 heterocycles. The van der Waals surface area contributed by atoms with Crippen molar-refractivity contribution in [3.63, 3.8) is 0 Å². The van der Waals surface area contributed by atoms with Crippen LogP contribution in [-0.4, -0.2) is 62.1 Å². The van der Waals surface area contributed by atoms with Crippen LogP contribution in [0.25, 0.3) is 0 Å². The van der Waals surface area contributed by atoms with Gasteiger partial charge in [-0.05, 0) is 37.5 Å². The largest absolute Gasteiger partial charge is 0.507 e. The molecule has 1 aromatic rings. The van der Waals surface area contributed by atoms with Gasteiger partial charge in [-0.15, -0.1) is 12.4 Å². The van der Waals surface area contributed by atoms with Gasteiger partial charge in [0.05, 0.1) is 23.7 Å². The molecule has 2 aliphatic rings. The van der Waals surface area contributed by atoms with Crippen molar-refractivity contribution in [1.82, 2.24) is 9.62 Å². The first kappa shape index (κ1) is 20.9. The normalized spacial score (nSPS) is 24.0. The zero-order valence-corrected chi connectivity index (χ0v) is 15.9. The average molecular weight is 406 g/mol. The molecule has 1 aliphatic carbocycles. The number of carbonyl (C=O) groups excluding carboxylic acids is 1. The molecule has 1 aromatic carbocycles. The highest BCUT2D eigenvalue weighted by molar-refractivity contribution is 7.89. The Hall–Kier alpha value is -1.39. The molecule has 1 aliphatic heterocycles. The highest BCUT2D eigenvalue weighted by Crippen LogP contribution is 2.25. The van der Waals surface area contributed by atoms with Crippen molar-refractivity contribution in [3.05, 3.63) is 23.8 Å². The predicted molar refractivity (Wildman–Crippen MR) is 98.0 cm³/mol. The van der Waals surface area contributed by atoms with Crippen LogP contribution >= 0.6 is 12.4 Å². The maximum atomic E-state index is 12.7. The molecule has 4 N–H and O–H groups in total. The van der Waals surface area contributed by atoms with E-state index in [-0.39, 0.29) is 53.8 Å². The molecule has 0 radical (unpaired) electrons. The lowest BCUT2D eigenvalue weighted by atomic mass is 10.1. The van der Waals surface area contributed by atoms with Crippen molar-refractivity contribution in [3.8, 4) is 5.75 Å². The van der Waals surface area contributed by atoms with Crippen LogP contribution in [0.15, 0.2) is 23.1 Å². The number of ether oxygens (including phenoxy) is 1. The third-order valence-corrected chi connectivity index (χ3v) is 6.52. The molecular weight excluding hydrogens is 382 g/mol. The number of aromatic hydroxyl groups is 1. The summed E-state index contributed by atoms with van der Waals surface area (Å²) in [6.45, 7) is 1.22. The number of benzene rings is 1. The van der Waals surface area contributed by atoms with E-state index >= 15 is 0 Å².